The number of benzene rings is 1. The molecular weight excluding hydrogens is 622 g/mol. The lowest BCUT2D eigenvalue weighted by Gasteiger charge is -2.35. The summed E-state index contributed by atoms with van der Waals surface area (Å²) in [6.45, 7) is 4.82. The summed E-state index contributed by atoms with van der Waals surface area (Å²) in [6, 6.07) is 8.00. The topological polar surface area (TPSA) is 102 Å². The molecule has 2 saturated heterocycles. The van der Waals surface area contributed by atoms with Crippen molar-refractivity contribution in [2.24, 2.45) is 0 Å². The Bertz CT molecular complexity index is 1680. The summed E-state index contributed by atoms with van der Waals surface area (Å²) in [4.78, 5) is 15.1. The molecule has 0 amide bonds. The van der Waals surface area contributed by atoms with Gasteiger partial charge in [0.25, 0.3) is 0 Å². The second-order valence-corrected chi connectivity index (χ2v) is 14.6. The zero-order valence-electron chi connectivity index (χ0n) is 23.6. The first-order chi connectivity index (χ1) is 20.4. The number of hydrogen-bond donors (Lipinski definition) is 2. The third kappa shape index (κ3) is 5.61. The molecule has 2 bridgehead atoms. The quantitative estimate of drug-likeness (QED) is 0.362. The van der Waals surface area contributed by atoms with Crippen LogP contribution >= 0.6 is 23.6 Å². The first-order valence-electron chi connectivity index (χ1n) is 14.0. The van der Waals surface area contributed by atoms with Crippen molar-refractivity contribution in [3.8, 4) is 10.6 Å². The van der Waals surface area contributed by atoms with Gasteiger partial charge in [-0.3, -0.25) is 4.90 Å². The van der Waals surface area contributed by atoms with Gasteiger partial charge in [-0.1, -0.05) is 19.1 Å². The maximum atomic E-state index is 14.1. The van der Waals surface area contributed by atoms with E-state index in [1.54, 1.807) is 11.9 Å². The summed E-state index contributed by atoms with van der Waals surface area (Å²) in [6.07, 6.45) is -2.31. The Morgan fingerprint density at radius 2 is 2.00 bits per heavy atom. The predicted octanol–water partition coefficient (Wildman–Crippen LogP) is 4.18. The number of hydrogen-bond acceptors (Lipinski definition) is 10. The fourth-order valence-corrected chi connectivity index (χ4v) is 9.55. The van der Waals surface area contributed by atoms with E-state index in [4.69, 9.17) is 12.2 Å². The molecule has 0 unspecified atom stereocenters. The van der Waals surface area contributed by atoms with Gasteiger partial charge >= 0.3 is 6.18 Å². The molecule has 6 rings (SSSR count). The van der Waals surface area contributed by atoms with Gasteiger partial charge < -0.3 is 20.2 Å². The number of anilines is 3. The molecule has 3 aliphatic heterocycles. The largest absolute Gasteiger partial charge is 0.420 e. The molecule has 0 saturated carbocycles. The summed E-state index contributed by atoms with van der Waals surface area (Å²) in [5, 5.41) is 12.4. The van der Waals surface area contributed by atoms with E-state index in [1.807, 2.05) is 19.1 Å². The van der Waals surface area contributed by atoms with Crippen molar-refractivity contribution in [1.82, 2.24) is 19.8 Å². The number of β-amino-alcohol motifs (C(OH)–C–C–N with tert-alkyl or cyclic N) is 1. The first-order valence-corrected chi connectivity index (χ1v) is 16.9. The third-order valence-corrected chi connectivity index (χ3v) is 12.0. The van der Waals surface area contributed by atoms with Crippen LogP contribution < -0.4 is 10.2 Å². The normalized spacial score (nSPS) is 21.8. The minimum Gasteiger partial charge on any atom is -0.395 e. The fourth-order valence-electron chi connectivity index (χ4n) is 6.11. The van der Waals surface area contributed by atoms with Crippen molar-refractivity contribution >= 4 is 55.7 Å². The van der Waals surface area contributed by atoms with E-state index in [9.17, 15) is 26.7 Å². The standard InChI is InChI=1S/C28H31F3N6O3S3/c1-3-16-10-17(37-15-18-11-19(37)14-36(18)6-8-38)4-5-21(16)33-27-32-13-20(28(29,30)31)24(34-27)22-12-23-25(42-22)26(41)35(2)7-9-43(23,39)40/h4-5,10,12-13,18-19,38H,3,6-9,11,14-15H2,1-2H3,(H,32,33,34)/t18-,19-/m1/s1. The van der Waals surface area contributed by atoms with Crippen molar-refractivity contribution in [2.45, 2.75) is 42.9 Å². The van der Waals surface area contributed by atoms with Gasteiger partial charge in [0.2, 0.25) is 5.95 Å². The van der Waals surface area contributed by atoms with Crippen molar-refractivity contribution in [1.29, 1.82) is 0 Å². The first kappa shape index (κ1) is 30.2. The van der Waals surface area contributed by atoms with Crippen molar-refractivity contribution in [2.75, 3.05) is 55.8 Å². The van der Waals surface area contributed by atoms with Crippen LogP contribution in [0.1, 0.15) is 29.3 Å². The van der Waals surface area contributed by atoms with Gasteiger partial charge in [-0.15, -0.1) is 11.3 Å². The van der Waals surface area contributed by atoms with Crippen LogP contribution in [0.15, 0.2) is 35.4 Å². The molecule has 0 spiro atoms. The van der Waals surface area contributed by atoms with Gasteiger partial charge in [0.15, 0.2) is 9.84 Å². The molecule has 2 N–H and O–H groups in total. The Morgan fingerprint density at radius 1 is 1.21 bits per heavy atom. The van der Waals surface area contributed by atoms with E-state index in [0.717, 1.165) is 48.3 Å². The Labute approximate surface area is 257 Å². The van der Waals surface area contributed by atoms with Gasteiger partial charge in [0, 0.05) is 62.9 Å². The van der Waals surface area contributed by atoms with Gasteiger partial charge in [-0.05, 0) is 42.7 Å². The molecule has 1 aromatic carbocycles. The minimum absolute atomic E-state index is 0.0310. The number of nitrogens with zero attached hydrogens (tertiary/aromatic N) is 5. The number of rotatable bonds is 7. The van der Waals surface area contributed by atoms with Gasteiger partial charge in [0.1, 0.15) is 10.6 Å². The maximum absolute atomic E-state index is 14.1. The highest BCUT2D eigenvalue weighted by Crippen LogP contribution is 2.42. The van der Waals surface area contributed by atoms with Gasteiger partial charge in [-0.25, -0.2) is 18.4 Å². The van der Waals surface area contributed by atoms with E-state index in [0.29, 0.717) is 30.7 Å². The number of aliphatic hydroxyl groups excluding tert-OH is 1. The Kier molecular flexibility index (Phi) is 7.90. The average molecular weight is 653 g/mol. The number of aromatic nitrogens is 2. The van der Waals surface area contributed by atoms with Crippen molar-refractivity contribution < 1.29 is 26.7 Å². The van der Waals surface area contributed by atoms with Crippen LogP contribution in [0.2, 0.25) is 0 Å². The third-order valence-electron chi connectivity index (χ3n) is 8.39. The lowest BCUT2D eigenvalue weighted by atomic mass is 10.1. The number of halogens is 3. The number of thiophene rings is 1. The van der Waals surface area contributed by atoms with E-state index >= 15 is 0 Å². The number of fused-ring (bicyclic) bond motifs is 3. The molecule has 230 valence electrons. The second kappa shape index (κ2) is 11.3. The minimum atomic E-state index is -4.76. The van der Waals surface area contributed by atoms with E-state index in [-0.39, 0.29) is 44.5 Å². The van der Waals surface area contributed by atoms with Crippen LogP contribution in [-0.4, -0.2) is 96.0 Å². The molecule has 2 aromatic heterocycles. The average Bonchev–Trinajstić information content (AvgIpc) is 3.69. The number of likely N-dealkylation sites (tertiary alicyclic amines) is 1. The number of nitrogens with one attached hydrogen (secondary N) is 1. The van der Waals surface area contributed by atoms with Crippen LogP contribution in [0.5, 0.6) is 0 Å². The molecule has 3 aromatic rings. The Hall–Kier alpha value is -2.85. The number of sulfone groups is 1. The highest BCUT2D eigenvalue weighted by molar-refractivity contribution is 7.92. The van der Waals surface area contributed by atoms with E-state index in [1.165, 1.54) is 6.07 Å². The monoisotopic (exact) mass is 652 g/mol. The lowest BCUT2D eigenvalue weighted by Crippen LogP contribution is -2.47. The molecule has 2 atom stereocenters. The molecule has 43 heavy (non-hydrogen) atoms. The summed E-state index contributed by atoms with van der Waals surface area (Å²) in [5.41, 5.74) is 1.25. The maximum Gasteiger partial charge on any atom is 0.420 e. The highest BCUT2D eigenvalue weighted by atomic mass is 32.2. The summed E-state index contributed by atoms with van der Waals surface area (Å²) < 4.78 is 68.2. The van der Waals surface area contributed by atoms with Gasteiger partial charge in [-0.2, -0.15) is 13.2 Å². The summed E-state index contributed by atoms with van der Waals surface area (Å²) in [7, 11) is -2.08. The summed E-state index contributed by atoms with van der Waals surface area (Å²) in [5.74, 6) is -0.220. The number of piperazine rings is 1. The molecule has 9 nitrogen and oxygen atoms in total. The predicted molar refractivity (Wildman–Crippen MR) is 164 cm³/mol. The Morgan fingerprint density at radius 3 is 2.67 bits per heavy atom. The highest BCUT2D eigenvalue weighted by Gasteiger charge is 2.43. The fraction of sp³-hybridized carbons (Fsp3) is 0.464. The summed E-state index contributed by atoms with van der Waals surface area (Å²) >= 11 is 6.35. The number of alkyl halides is 3. The van der Waals surface area contributed by atoms with Crippen LogP contribution in [0.3, 0.4) is 0 Å². The SMILES string of the molecule is CCc1cc(N2C[C@H]3C[C@@H]2CN3CCO)ccc1Nc1ncc(C(F)(F)F)c(-c2cc3c(s2)C(=S)N(C)CCS3(=O)=O)n1. The molecule has 0 aliphatic carbocycles. The Balaban J connectivity index is 1.32. The molecule has 3 aliphatic rings. The molecule has 5 heterocycles. The van der Waals surface area contributed by atoms with Crippen LogP contribution in [-0.2, 0) is 22.4 Å². The van der Waals surface area contributed by atoms with Crippen molar-refractivity contribution in [3.05, 3.63) is 46.5 Å². The zero-order chi connectivity index (χ0) is 30.7. The van der Waals surface area contributed by atoms with E-state index in [2.05, 4.69) is 31.2 Å². The van der Waals surface area contributed by atoms with Crippen molar-refractivity contribution in [3.63, 3.8) is 0 Å². The van der Waals surface area contributed by atoms with Crippen LogP contribution in [0.25, 0.3) is 10.6 Å². The van der Waals surface area contributed by atoms with E-state index < -0.39 is 27.3 Å². The number of aliphatic hydroxyl groups is 1. The molecule has 0 radical (unpaired) electrons. The van der Waals surface area contributed by atoms with Crippen LogP contribution in [0, 0.1) is 0 Å². The lowest BCUT2D eigenvalue weighted by molar-refractivity contribution is -0.137. The second-order valence-electron chi connectivity index (χ2n) is 11.0. The molecule has 15 heteroatoms. The number of aryl methyl sites for hydroxylation is 1. The van der Waals surface area contributed by atoms with Crippen LogP contribution in [0.4, 0.5) is 30.5 Å². The van der Waals surface area contributed by atoms with Gasteiger partial charge in [0.05, 0.1) is 32.7 Å². The molecule has 2 fully saturated rings. The zero-order valence-corrected chi connectivity index (χ0v) is 26.0. The molecular formula is C28H31F3N6O3S3. The number of thiocarbonyl (C=S) groups is 1. The smallest absolute Gasteiger partial charge is 0.395 e.